The van der Waals surface area contributed by atoms with Crippen LogP contribution < -0.4 is 20.2 Å². The van der Waals surface area contributed by atoms with E-state index in [-0.39, 0.29) is 0 Å². The van der Waals surface area contributed by atoms with Crippen molar-refractivity contribution in [2.45, 2.75) is 6.92 Å². The Balaban J connectivity index is 1.64. The average molecular weight is 375 g/mol. The van der Waals surface area contributed by atoms with Crippen molar-refractivity contribution in [2.75, 3.05) is 12.4 Å². The molecule has 0 fully saturated rings. The lowest BCUT2D eigenvalue weighted by Gasteiger charge is -2.12. The van der Waals surface area contributed by atoms with Crippen LogP contribution in [-0.4, -0.2) is 18.9 Å². The summed E-state index contributed by atoms with van der Waals surface area (Å²) >= 11 is 0. The van der Waals surface area contributed by atoms with Gasteiger partial charge in [0.25, 0.3) is 0 Å². The monoisotopic (exact) mass is 375 g/mol. The molecule has 0 heterocycles. The first-order chi connectivity index (χ1) is 13.7. The molecule has 0 atom stereocenters. The molecule has 0 saturated heterocycles. The van der Waals surface area contributed by atoms with Gasteiger partial charge < -0.3 is 14.8 Å². The van der Waals surface area contributed by atoms with Crippen LogP contribution in [-0.2, 0) is 0 Å². The summed E-state index contributed by atoms with van der Waals surface area (Å²) in [6.07, 6.45) is 0. The highest BCUT2D eigenvalue weighted by atomic mass is 16.5. The number of amides is 2. The molecule has 0 unspecified atom stereocenters. The third kappa shape index (κ3) is 5.11. The second-order valence-corrected chi connectivity index (χ2v) is 5.90. The van der Waals surface area contributed by atoms with E-state index in [2.05, 4.69) is 15.8 Å². The Kier molecular flexibility index (Phi) is 6.25. The first-order valence-electron chi connectivity index (χ1n) is 8.73. The van der Waals surface area contributed by atoms with Gasteiger partial charge >= 0.3 is 6.03 Å². The fourth-order valence-electron chi connectivity index (χ4n) is 2.46. The third-order valence-corrected chi connectivity index (χ3v) is 3.94. The zero-order chi connectivity index (χ0) is 19.8. The van der Waals surface area contributed by atoms with Gasteiger partial charge in [-0.3, -0.25) is 0 Å². The van der Waals surface area contributed by atoms with Gasteiger partial charge in [0.2, 0.25) is 0 Å². The number of nitrogens with zero attached hydrogens (tertiary/aromatic N) is 1. The van der Waals surface area contributed by atoms with Gasteiger partial charge in [-0.15, -0.1) is 0 Å². The Labute approximate surface area is 163 Å². The van der Waals surface area contributed by atoms with Crippen molar-refractivity contribution in [3.05, 3.63) is 84.4 Å². The van der Waals surface area contributed by atoms with Crippen LogP contribution in [0.25, 0.3) is 0 Å². The normalized spacial score (nSPS) is 10.9. The number of para-hydroxylation sites is 3. The number of rotatable bonds is 6. The smallest absolute Gasteiger partial charge is 0.339 e. The Morgan fingerprint density at radius 1 is 0.857 bits per heavy atom. The number of ether oxygens (including phenoxy) is 2. The number of benzene rings is 3. The topological polar surface area (TPSA) is 72.0 Å². The maximum Gasteiger partial charge on any atom is 0.339 e. The van der Waals surface area contributed by atoms with Gasteiger partial charge in [0.05, 0.1) is 18.5 Å². The second kappa shape index (κ2) is 9.23. The van der Waals surface area contributed by atoms with E-state index in [0.717, 1.165) is 11.3 Å². The highest BCUT2D eigenvalue weighted by Gasteiger charge is 2.08. The number of hydrogen-bond acceptors (Lipinski definition) is 4. The number of carbonyl (C=O) groups is 1. The summed E-state index contributed by atoms with van der Waals surface area (Å²) in [7, 11) is 1.61. The number of anilines is 1. The van der Waals surface area contributed by atoms with Crippen molar-refractivity contribution >= 4 is 17.4 Å². The van der Waals surface area contributed by atoms with Crippen molar-refractivity contribution in [1.29, 1.82) is 0 Å². The largest absolute Gasteiger partial charge is 0.497 e. The molecule has 0 aliphatic carbocycles. The summed E-state index contributed by atoms with van der Waals surface area (Å²) in [4.78, 5) is 12.2. The molecule has 0 spiro atoms. The van der Waals surface area contributed by atoms with Crippen LogP contribution in [0.2, 0.25) is 0 Å². The number of hydrogen-bond donors (Lipinski definition) is 2. The highest BCUT2D eigenvalue weighted by Crippen LogP contribution is 2.28. The van der Waals surface area contributed by atoms with Crippen molar-refractivity contribution in [1.82, 2.24) is 5.43 Å². The fourth-order valence-corrected chi connectivity index (χ4v) is 2.46. The molecule has 6 nitrogen and oxygen atoms in total. The summed E-state index contributed by atoms with van der Waals surface area (Å²) in [6, 6.07) is 23.5. The SMILES string of the molecule is COc1ccc(/C(C)=N/NC(=O)Nc2ccccc2Oc2ccccc2)cc1. The van der Waals surface area contributed by atoms with Crippen LogP contribution in [0.3, 0.4) is 0 Å². The van der Waals surface area contributed by atoms with E-state index in [9.17, 15) is 4.79 Å². The highest BCUT2D eigenvalue weighted by molar-refractivity contribution is 6.00. The molecule has 0 radical (unpaired) electrons. The van der Waals surface area contributed by atoms with Crippen molar-refractivity contribution in [2.24, 2.45) is 5.10 Å². The van der Waals surface area contributed by atoms with Crippen molar-refractivity contribution in [3.8, 4) is 17.2 Å². The Hall–Kier alpha value is -3.80. The lowest BCUT2D eigenvalue weighted by atomic mass is 10.1. The summed E-state index contributed by atoms with van der Waals surface area (Å²) in [5.41, 5.74) is 4.60. The maximum atomic E-state index is 12.2. The van der Waals surface area contributed by atoms with E-state index >= 15 is 0 Å². The molecule has 0 aliphatic heterocycles. The van der Waals surface area contributed by atoms with Crippen molar-refractivity contribution < 1.29 is 14.3 Å². The summed E-state index contributed by atoms with van der Waals surface area (Å²) in [5, 5.41) is 6.89. The number of nitrogens with one attached hydrogen (secondary N) is 2. The lowest BCUT2D eigenvalue weighted by molar-refractivity contribution is 0.252. The zero-order valence-electron chi connectivity index (χ0n) is 15.7. The average Bonchev–Trinajstić information content (AvgIpc) is 2.74. The molecule has 0 aromatic heterocycles. The summed E-state index contributed by atoms with van der Waals surface area (Å²) in [6.45, 7) is 1.81. The van der Waals surface area contributed by atoms with E-state index in [1.54, 1.807) is 19.2 Å². The predicted molar refractivity (Wildman–Crippen MR) is 110 cm³/mol. The summed E-state index contributed by atoms with van der Waals surface area (Å²) < 4.78 is 11.0. The molecule has 2 N–H and O–H groups in total. The second-order valence-electron chi connectivity index (χ2n) is 5.90. The van der Waals surface area contributed by atoms with E-state index < -0.39 is 6.03 Å². The van der Waals surface area contributed by atoms with Crippen LogP contribution >= 0.6 is 0 Å². The minimum Gasteiger partial charge on any atom is -0.497 e. The quantitative estimate of drug-likeness (QED) is 0.469. The summed E-state index contributed by atoms with van der Waals surface area (Å²) in [5.74, 6) is 1.99. The van der Waals surface area contributed by atoms with Gasteiger partial charge in [-0.1, -0.05) is 30.3 Å². The Morgan fingerprint density at radius 3 is 2.25 bits per heavy atom. The Bertz CT molecular complexity index is 954. The standard InChI is InChI=1S/C22H21N3O3/c1-16(17-12-14-18(27-2)15-13-17)24-25-22(26)23-20-10-6-7-11-21(20)28-19-8-4-3-5-9-19/h3-15H,1-2H3,(H2,23,25,26)/b24-16+. The van der Waals surface area contributed by atoms with E-state index in [4.69, 9.17) is 9.47 Å². The van der Waals surface area contributed by atoms with Gasteiger partial charge in [0.15, 0.2) is 5.75 Å². The zero-order valence-corrected chi connectivity index (χ0v) is 15.7. The molecule has 0 saturated carbocycles. The van der Waals surface area contributed by atoms with Crippen LogP contribution in [0.5, 0.6) is 17.2 Å². The van der Waals surface area contributed by atoms with Gasteiger partial charge in [-0.25, -0.2) is 10.2 Å². The molecule has 3 rings (SSSR count). The molecule has 3 aromatic rings. The minimum atomic E-state index is -0.461. The third-order valence-electron chi connectivity index (χ3n) is 3.94. The van der Waals surface area contributed by atoms with Gasteiger partial charge in [-0.2, -0.15) is 5.10 Å². The molecule has 2 amide bonds. The fraction of sp³-hybridized carbons (Fsp3) is 0.0909. The van der Waals surface area contributed by atoms with E-state index in [1.807, 2.05) is 73.7 Å². The minimum absolute atomic E-state index is 0.461. The Morgan fingerprint density at radius 2 is 1.54 bits per heavy atom. The van der Waals surface area contributed by atoms with E-state index in [1.165, 1.54) is 0 Å². The molecule has 28 heavy (non-hydrogen) atoms. The van der Waals surface area contributed by atoms with Gasteiger partial charge in [0, 0.05) is 0 Å². The number of urea groups is 1. The van der Waals surface area contributed by atoms with Crippen LogP contribution in [0.4, 0.5) is 10.5 Å². The number of hydrazone groups is 1. The predicted octanol–water partition coefficient (Wildman–Crippen LogP) is 5.03. The molecular weight excluding hydrogens is 354 g/mol. The van der Waals surface area contributed by atoms with Crippen LogP contribution in [0, 0.1) is 0 Å². The lowest BCUT2D eigenvalue weighted by Crippen LogP contribution is -2.25. The molecule has 0 bridgehead atoms. The molecule has 142 valence electrons. The van der Waals surface area contributed by atoms with Crippen molar-refractivity contribution in [3.63, 3.8) is 0 Å². The molecule has 6 heteroatoms. The van der Waals surface area contributed by atoms with Crippen LogP contribution in [0.1, 0.15) is 12.5 Å². The number of methoxy groups -OCH3 is 1. The van der Waals surface area contributed by atoms with E-state index in [0.29, 0.717) is 22.9 Å². The first kappa shape index (κ1) is 19.0. The first-order valence-corrected chi connectivity index (χ1v) is 8.73. The maximum absolute atomic E-state index is 12.2. The molecule has 3 aromatic carbocycles. The molecule has 0 aliphatic rings. The van der Waals surface area contributed by atoms with Gasteiger partial charge in [-0.05, 0) is 61.0 Å². The van der Waals surface area contributed by atoms with Crippen LogP contribution in [0.15, 0.2) is 84.0 Å². The molecular formula is C22H21N3O3. The number of carbonyl (C=O) groups excluding carboxylic acids is 1. The van der Waals surface area contributed by atoms with Gasteiger partial charge in [0.1, 0.15) is 11.5 Å².